The van der Waals surface area contributed by atoms with Gasteiger partial charge in [0.25, 0.3) is 0 Å². The van der Waals surface area contributed by atoms with Crippen molar-refractivity contribution in [1.82, 2.24) is 0 Å². The average Bonchev–Trinajstić information content (AvgIpc) is 2.81. The minimum atomic E-state index is 0.181. The van der Waals surface area contributed by atoms with Crippen molar-refractivity contribution in [2.45, 2.75) is 4.83 Å². The zero-order valence-electron chi connectivity index (χ0n) is 8.61. The number of rotatable bonds is 3. The Kier molecular flexibility index (Phi) is 4.05. The van der Waals surface area contributed by atoms with Gasteiger partial charge in [0.2, 0.25) is 0 Å². The highest BCUT2D eigenvalue weighted by molar-refractivity contribution is 9.10. The van der Waals surface area contributed by atoms with E-state index in [0.29, 0.717) is 0 Å². The molecule has 2 rings (SSSR count). The van der Waals surface area contributed by atoms with Gasteiger partial charge in [-0.1, -0.05) is 37.9 Å². The summed E-state index contributed by atoms with van der Waals surface area (Å²) < 4.78 is 6.43. The van der Waals surface area contributed by atoms with Crippen LogP contribution in [0.15, 0.2) is 40.2 Å². The van der Waals surface area contributed by atoms with Crippen LogP contribution in [0, 0.1) is 0 Å². The molecule has 1 aromatic heterocycles. The van der Waals surface area contributed by atoms with Crippen LogP contribution in [0.4, 0.5) is 0 Å². The predicted octanol–water partition coefficient (Wildman–Crippen LogP) is 5.00. The predicted molar refractivity (Wildman–Crippen MR) is 75.8 cm³/mol. The fourth-order valence-corrected chi connectivity index (χ4v) is 3.42. The third-order valence-corrected chi connectivity index (χ3v) is 4.98. The Hall–Kier alpha value is -0.320. The van der Waals surface area contributed by atoms with Crippen LogP contribution in [0.25, 0.3) is 0 Å². The fraction of sp³-hybridized carbons (Fsp3) is 0.167. The number of hydrogen-bond donors (Lipinski definition) is 0. The maximum atomic E-state index is 5.37. The molecule has 1 unspecified atom stereocenters. The van der Waals surface area contributed by atoms with E-state index in [0.717, 1.165) is 15.8 Å². The van der Waals surface area contributed by atoms with Crippen molar-refractivity contribution in [3.63, 3.8) is 0 Å². The quantitative estimate of drug-likeness (QED) is 0.698. The lowest BCUT2D eigenvalue weighted by Gasteiger charge is -2.13. The summed E-state index contributed by atoms with van der Waals surface area (Å²) in [5.41, 5.74) is 1.14. The van der Waals surface area contributed by atoms with Gasteiger partial charge >= 0.3 is 0 Å². The number of methoxy groups -OCH3 is 1. The van der Waals surface area contributed by atoms with E-state index in [-0.39, 0.29) is 4.83 Å². The lowest BCUT2D eigenvalue weighted by molar-refractivity contribution is 0.410. The van der Waals surface area contributed by atoms with Gasteiger partial charge in [-0.25, -0.2) is 0 Å². The SMILES string of the molecule is COc1ccc(Br)cc1C(Br)c1cccs1. The first-order valence-corrected chi connectivity index (χ1v) is 7.32. The highest BCUT2D eigenvalue weighted by atomic mass is 79.9. The molecule has 0 saturated heterocycles. The molecule has 4 heteroatoms. The summed E-state index contributed by atoms with van der Waals surface area (Å²) in [5, 5.41) is 2.08. The normalized spacial score (nSPS) is 12.4. The number of hydrogen-bond acceptors (Lipinski definition) is 2. The van der Waals surface area contributed by atoms with Crippen LogP contribution in [0.3, 0.4) is 0 Å². The lowest BCUT2D eigenvalue weighted by Crippen LogP contribution is -1.95. The molecular formula is C12H10Br2OS. The maximum absolute atomic E-state index is 5.37. The molecule has 1 nitrogen and oxygen atoms in total. The standard InChI is InChI=1S/C12H10Br2OS/c1-15-10-5-4-8(13)7-9(10)12(14)11-3-2-6-16-11/h2-7,12H,1H3. The third-order valence-electron chi connectivity index (χ3n) is 2.26. The Labute approximate surface area is 116 Å². The second-order valence-corrected chi connectivity index (χ2v) is 6.07. The summed E-state index contributed by atoms with van der Waals surface area (Å²) in [5.74, 6) is 0.901. The van der Waals surface area contributed by atoms with E-state index in [9.17, 15) is 0 Å². The Morgan fingerprint density at radius 1 is 1.31 bits per heavy atom. The van der Waals surface area contributed by atoms with E-state index >= 15 is 0 Å². The van der Waals surface area contributed by atoms with Gasteiger partial charge in [0.15, 0.2) is 0 Å². The molecule has 0 amide bonds. The van der Waals surface area contributed by atoms with Crippen molar-refractivity contribution in [2.75, 3.05) is 7.11 Å². The number of alkyl halides is 1. The number of thiophene rings is 1. The molecule has 0 fully saturated rings. The molecule has 1 heterocycles. The van der Waals surface area contributed by atoms with Crippen LogP contribution >= 0.6 is 43.2 Å². The van der Waals surface area contributed by atoms with Crippen LogP contribution in [-0.2, 0) is 0 Å². The minimum absolute atomic E-state index is 0.181. The van der Waals surface area contributed by atoms with Crippen LogP contribution in [0.2, 0.25) is 0 Å². The van der Waals surface area contributed by atoms with Crippen molar-refractivity contribution in [3.8, 4) is 5.75 Å². The Morgan fingerprint density at radius 3 is 2.75 bits per heavy atom. The molecular weight excluding hydrogens is 352 g/mol. The summed E-state index contributed by atoms with van der Waals surface area (Å²) in [6, 6.07) is 10.2. The largest absolute Gasteiger partial charge is 0.496 e. The van der Waals surface area contributed by atoms with Gasteiger partial charge < -0.3 is 4.74 Å². The van der Waals surface area contributed by atoms with Crippen molar-refractivity contribution in [3.05, 3.63) is 50.6 Å². The molecule has 0 aliphatic carbocycles. The smallest absolute Gasteiger partial charge is 0.123 e. The van der Waals surface area contributed by atoms with Gasteiger partial charge in [-0.15, -0.1) is 11.3 Å². The first-order valence-electron chi connectivity index (χ1n) is 4.73. The van der Waals surface area contributed by atoms with Crippen molar-refractivity contribution in [1.29, 1.82) is 0 Å². The van der Waals surface area contributed by atoms with Gasteiger partial charge in [-0.05, 0) is 29.6 Å². The molecule has 1 atom stereocenters. The van der Waals surface area contributed by atoms with Crippen LogP contribution < -0.4 is 4.74 Å². The average molecular weight is 362 g/mol. The van der Waals surface area contributed by atoms with Gasteiger partial charge in [-0.3, -0.25) is 0 Å². The van der Waals surface area contributed by atoms with Crippen LogP contribution in [0.5, 0.6) is 5.75 Å². The van der Waals surface area contributed by atoms with E-state index in [1.165, 1.54) is 4.88 Å². The molecule has 16 heavy (non-hydrogen) atoms. The number of halogens is 2. The second-order valence-electron chi connectivity index (χ2n) is 3.26. The first-order chi connectivity index (χ1) is 7.72. The molecule has 0 bridgehead atoms. The third kappa shape index (κ3) is 2.50. The summed E-state index contributed by atoms with van der Waals surface area (Å²) in [6.45, 7) is 0. The summed E-state index contributed by atoms with van der Waals surface area (Å²) in [6.07, 6.45) is 0. The monoisotopic (exact) mass is 360 g/mol. The highest BCUT2D eigenvalue weighted by Crippen LogP contribution is 2.39. The number of ether oxygens (including phenoxy) is 1. The van der Waals surface area contributed by atoms with E-state index in [2.05, 4.69) is 55.4 Å². The minimum Gasteiger partial charge on any atom is -0.496 e. The van der Waals surface area contributed by atoms with Gasteiger partial charge in [0, 0.05) is 14.9 Å². The molecule has 0 radical (unpaired) electrons. The molecule has 0 spiro atoms. The zero-order chi connectivity index (χ0) is 11.5. The van der Waals surface area contributed by atoms with E-state index in [4.69, 9.17) is 4.74 Å². The molecule has 2 aromatic rings. The molecule has 0 aliphatic rings. The zero-order valence-corrected chi connectivity index (χ0v) is 12.6. The summed E-state index contributed by atoms with van der Waals surface area (Å²) in [7, 11) is 1.70. The van der Waals surface area contributed by atoms with Gasteiger partial charge in [0.05, 0.1) is 11.9 Å². The molecule has 1 aromatic carbocycles. The van der Waals surface area contributed by atoms with Crippen LogP contribution in [-0.4, -0.2) is 7.11 Å². The first kappa shape index (κ1) is 12.1. The van der Waals surface area contributed by atoms with Crippen molar-refractivity contribution in [2.24, 2.45) is 0 Å². The Balaban J connectivity index is 2.42. The second kappa shape index (κ2) is 5.34. The lowest BCUT2D eigenvalue weighted by atomic mass is 10.1. The molecule has 0 aliphatic heterocycles. The number of benzene rings is 1. The Morgan fingerprint density at radius 2 is 2.12 bits per heavy atom. The molecule has 84 valence electrons. The summed E-state index contributed by atoms with van der Waals surface area (Å²) >= 11 is 8.93. The van der Waals surface area contributed by atoms with E-state index in [1.807, 2.05) is 12.1 Å². The highest BCUT2D eigenvalue weighted by Gasteiger charge is 2.16. The maximum Gasteiger partial charge on any atom is 0.123 e. The molecule has 0 N–H and O–H groups in total. The summed E-state index contributed by atoms with van der Waals surface area (Å²) in [4.78, 5) is 1.45. The van der Waals surface area contributed by atoms with E-state index in [1.54, 1.807) is 18.4 Å². The van der Waals surface area contributed by atoms with Gasteiger partial charge in [-0.2, -0.15) is 0 Å². The van der Waals surface area contributed by atoms with Crippen molar-refractivity contribution < 1.29 is 4.74 Å². The topological polar surface area (TPSA) is 9.23 Å². The van der Waals surface area contributed by atoms with E-state index < -0.39 is 0 Å². The van der Waals surface area contributed by atoms with Gasteiger partial charge in [0.1, 0.15) is 5.75 Å². The Bertz CT molecular complexity index is 468. The molecule has 0 saturated carbocycles. The van der Waals surface area contributed by atoms with Crippen LogP contribution in [0.1, 0.15) is 15.3 Å². The van der Waals surface area contributed by atoms with Crippen molar-refractivity contribution >= 4 is 43.2 Å². The fourth-order valence-electron chi connectivity index (χ4n) is 1.49.